The number of carbonyl (C=O) groups is 1. The molecule has 1 nitrogen and oxygen atoms in total. The number of hydrogen-bond acceptors (Lipinski definition) is 1. The lowest BCUT2D eigenvalue weighted by Crippen LogP contribution is -2.23. The summed E-state index contributed by atoms with van der Waals surface area (Å²) in [5.41, 5.74) is 1.76. The SMILES string of the molecule is CCC1CCCC(C(=O)c2cccc(Cl)c2C)C1. The maximum absolute atomic E-state index is 12.6. The number of benzene rings is 1. The van der Waals surface area contributed by atoms with Crippen LogP contribution in [-0.4, -0.2) is 5.78 Å². The van der Waals surface area contributed by atoms with Gasteiger partial charge in [-0.2, -0.15) is 0 Å². The van der Waals surface area contributed by atoms with Crippen LogP contribution in [0.4, 0.5) is 0 Å². The van der Waals surface area contributed by atoms with Gasteiger partial charge in [-0.15, -0.1) is 0 Å². The van der Waals surface area contributed by atoms with Gasteiger partial charge in [-0.3, -0.25) is 4.79 Å². The molecule has 0 bridgehead atoms. The Hall–Kier alpha value is -0.820. The third kappa shape index (κ3) is 2.77. The number of halogens is 1. The van der Waals surface area contributed by atoms with Gasteiger partial charge in [0, 0.05) is 16.5 Å². The Morgan fingerprint density at radius 2 is 2.17 bits per heavy atom. The summed E-state index contributed by atoms with van der Waals surface area (Å²) in [6.07, 6.45) is 5.77. The van der Waals surface area contributed by atoms with Gasteiger partial charge in [-0.1, -0.05) is 49.9 Å². The lowest BCUT2D eigenvalue weighted by molar-refractivity contribution is 0.0861. The maximum atomic E-state index is 12.6. The standard InChI is InChI=1S/C16H21ClO/c1-3-12-6-4-7-13(10-12)16(18)14-8-5-9-15(17)11(14)2/h5,8-9,12-13H,3-4,6-7,10H2,1-2H3. The van der Waals surface area contributed by atoms with Crippen molar-refractivity contribution in [3.05, 3.63) is 34.3 Å². The molecule has 0 aliphatic heterocycles. The van der Waals surface area contributed by atoms with Crippen LogP contribution in [0.3, 0.4) is 0 Å². The molecule has 2 unspecified atom stereocenters. The van der Waals surface area contributed by atoms with Gasteiger partial charge in [-0.05, 0) is 37.3 Å². The molecular formula is C16H21ClO. The molecular weight excluding hydrogens is 244 g/mol. The second-order valence-electron chi connectivity index (χ2n) is 5.41. The average Bonchev–Trinajstić information content (AvgIpc) is 2.41. The van der Waals surface area contributed by atoms with Crippen molar-refractivity contribution < 1.29 is 4.79 Å². The van der Waals surface area contributed by atoms with E-state index < -0.39 is 0 Å². The fourth-order valence-corrected chi connectivity index (χ4v) is 3.17. The van der Waals surface area contributed by atoms with Gasteiger partial charge < -0.3 is 0 Å². The highest BCUT2D eigenvalue weighted by Crippen LogP contribution is 2.34. The molecule has 0 heterocycles. The minimum atomic E-state index is 0.209. The molecule has 1 fully saturated rings. The fourth-order valence-electron chi connectivity index (χ4n) is 2.99. The Bertz CT molecular complexity index is 439. The summed E-state index contributed by atoms with van der Waals surface area (Å²) in [5.74, 6) is 1.24. The Balaban J connectivity index is 2.18. The molecule has 2 rings (SSSR count). The summed E-state index contributed by atoms with van der Waals surface area (Å²) in [5, 5.41) is 0.698. The van der Waals surface area contributed by atoms with Crippen LogP contribution in [0, 0.1) is 18.8 Å². The largest absolute Gasteiger partial charge is 0.294 e. The molecule has 1 aromatic carbocycles. The number of Topliss-reactive ketones (excluding diaryl/α,β-unsaturated/α-hetero) is 1. The highest BCUT2D eigenvalue weighted by molar-refractivity contribution is 6.31. The number of ketones is 1. The van der Waals surface area contributed by atoms with E-state index in [0.717, 1.165) is 29.9 Å². The molecule has 1 aromatic rings. The zero-order valence-corrected chi connectivity index (χ0v) is 12.0. The smallest absolute Gasteiger partial charge is 0.166 e. The van der Waals surface area contributed by atoms with Crippen molar-refractivity contribution in [2.75, 3.05) is 0 Å². The van der Waals surface area contributed by atoms with E-state index in [1.54, 1.807) is 0 Å². The Kier molecular flexibility index (Phi) is 4.45. The van der Waals surface area contributed by atoms with Gasteiger partial charge in [-0.25, -0.2) is 0 Å². The molecule has 2 atom stereocenters. The topological polar surface area (TPSA) is 17.1 Å². The zero-order valence-electron chi connectivity index (χ0n) is 11.2. The van der Waals surface area contributed by atoms with Gasteiger partial charge in [0.25, 0.3) is 0 Å². The van der Waals surface area contributed by atoms with Crippen LogP contribution in [0.2, 0.25) is 5.02 Å². The number of rotatable bonds is 3. The second kappa shape index (κ2) is 5.88. The molecule has 1 aliphatic carbocycles. The van der Waals surface area contributed by atoms with E-state index >= 15 is 0 Å². The van der Waals surface area contributed by atoms with Crippen molar-refractivity contribution in [3.8, 4) is 0 Å². The van der Waals surface area contributed by atoms with Crippen LogP contribution in [0.15, 0.2) is 18.2 Å². The molecule has 0 spiro atoms. The van der Waals surface area contributed by atoms with Gasteiger partial charge >= 0.3 is 0 Å². The monoisotopic (exact) mass is 264 g/mol. The van der Waals surface area contributed by atoms with Crippen molar-refractivity contribution in [1.29, 1.82) is 0 Å². The quantitative estimate of drug-likeness (QED) is 0.699. The highest BCUT2D eigenvalue weighted by Gasteiger charge is 2.27. The van der Waals surface area contributed by atoms with Crippen LogP contribution in [0.25, 0.3) is 0 Å². The lowest BCUT2D eigenvalue weighted by atomic mass is 9.76. The summed E-state index contributed by atoms with van der Waals surface area (Å²) in [4.78, 5) is 12.6. The van der Waals surface area contributed by atoms with E-state index in [0.29, 0.717) is 10.8 Å². The molecule has 2 heteroatoms. The van der Waals surface area contributed by atoms with Crippen LogP contribution in [0.5, 0.6) is 0 Å². The predicted octanol–water partition coefficient (Wildman–Crippen LogP) is 5.05. The third-order valence-corrected chi connectivity index (χ3v) is 4.67. The van der Waals surface area contributed by atoms with E-state index in [1.807, 2.05) is 25.1 Å². The first kappa shape index (κ1) is 13.6. The molecule has 1 aliphatic rings. The molecule has 1 saturated carbocycles. The van der Waals surface area contributed by atoms with Crippen molar-refractivity contribution in [3.63, 3.8) is 0 Å². The summed E-state index contributed by atoms with van der Waals surface area (Å²) >= 11 is 6.10. The third-order valence-electron chi connectivity index (χ3n) is 4.26. The summed E-state index contributed by atoms with van der Waals surface area (Å²) in [6, 6.07) is 5.64. The first-order valence-corrected chi connectivity index (χ1v) is 7.30. The molecule has 0 saturated heterocycles. The van der Waals surface area contributed by atoms with E-state index in [9.17, 15) is 4.79 Å². The van der Waals surface area contributed by atoms with Crippen LogP contribution in [0.1, 0.15) is 54.9 Å². The van der Waals surface area contributed by atoms with Crippen molar-refractivity contribution in [2.24, 2.45) is 11.8 Å². The van der Waals surface area contributed by atoms with Gasteiger partial charge in [0.05, 0.1) is 0 Å². The molecule has 98 valence electrons. The van der Waals surface area contributed by atoms with Gasteiger partial charge in [0.2, 0.25) is 0 Å². The summed E-state index contributed by atoms with van der Waals surface area (Å²) in [7, 11) is 0. The van der Waals surface area contributed by atoms with E-state index in [1.165, 1.54) is 19.3 Å². The molecule has 18 heavy (non-hydrogen) atoms. The van der Waals surface area contributed by atoms with Crippen LogP contribution in [-0.2, 0) is 0 Å². The summed E-state index contributed by atoms with van der Waals surface area (Å²) in [6.45, 7) is 4.16. The Morgan fingerprint density at radius 3 is 2.89 bits per heavy atom. The van der Waals surface area contributed by atoms with E-state index in [4.69, 9.17) is 11.6 Å². The van der Waals surface area contributed by atoms with Crippen molar-refractivity contribution in [2.45, 2.75) is 46.0 Å². The average molecular weight is 265 g/mol. The fraction of sp³-hybridized carbons (Fsp3) is 0.562. The first-order chi connectivity index (χ1) is 8.63. The van der Waals surface area contributed by atoms with Gasteiger partial charge in [0.15, 0.2) is 5.78 Å². The molecule has 0 N–H and O–H groups in total. The Labute approximate surface area is 115 Å². The van der Waals surface area contributed by atoms with E-state index in [2.05, 4.69) is 6.92 Å². The van der Waals surface area contributed by atoms with Crippen molar-refractivity contribution >= 4 is 17.4 Å². The lowest BCUT2D eigenvalue weighted by Gasteiger charge is -2.27. The van der Waals surface area contributed by atoms with Crippen LogP contribution >= 0.6 is 11.6 Å². The van der Waals surface area contributed by atoms with Gasteiger partial charge in [0.1, 0.15) is 0 Å². The first-order valence-electron chi connectivity index (χ1n) is 6.92. The molecule has 0 aromatic heterocycles. The number of carbonyl (C=O) groups excluding carboxylic acids is 1. The Morgan fingerprint density at radius 1 is 1.39 bits per heavy atom. The molecule has 0 radical (unpaired) electrons. The highest BCUT2D eigenvalue weighted by atomic mass is 35.5. The van der Waals surface area contributed by atoms with Crippen molar-refractivity contribution in [1.82, 2.24) is 0 Å². The van der Waals surface area contributed by atoms with Crippen LogP contribution < -0.4 is 0 Å². The zero-order chi connectivity index (χ0) is 13.1. The number of hydrogen-bond donors (Lipinski definition) is 0. The minimum Gasteiger partial charge on any atom is -0.294 e. The molecule has 0 amide bonds. The second-order valence-corrected chi connectivity index (χ2v) is 5.82. The minimum absolute atomic E-state index is 0.209. The maximum Gasteiger partial charge on any atom is 0.166 e. The normalized spacial score (nSPS) is 23.9. The summed E-state index contributed by atoms with van der Waals surface area (Å²) < 4.78 is 0. The van der Waals surface area contributed by atoms with E-state index in [-0.39, 0.29) is 5.92 Å². The predicted molar refractivity (Wildman–Crippen MR) is 76.3 cm³/mol.